The van der Waals surface area contributed by atoms with Gasteiger partial charge in [-0.1, -0.05) is 154 Å². The normalized spacial score (nSPS) is 12.5. The zero-order valence-electron chi connectivity index (χ0n) is 28.5. The van der Waals surface area contributed by atoms with E-state index in [1.165, 1.54) is 128 Å². The van der Waals surface area contributed by atoms with E-state index in [4.69, 9.17) is 9.26 Å². The molecule has 6 heteroatoms. The summed E-state index contributed by atoms with van der Waals surface area (Å²) < 4.78 is 10.8. The maximum Gasteiger partial charge on any atom is 0.305 e. The first-order chi connectivity index (χ1) is 21.1. The standard InChI is InChI=1S/C37H71O5P/c1-3-5-7-9-11-13-15-17-18-20-21-23-25-27-29-31-36(39)41-34-35(33-38)42-43-37(40)32-30-28-26-24-22-19-16-14-12-10-8-6-4-2/h17-18,35,38,43H,3-16,19-34H2,1-2H3/b18-17-. The lowest BCUT2D eigenvalue weighted by Gasteiger charge is -2.15. The molecule has 0 amide bonds. The fourth-order valence-electron chi connectivity index (χ4n) is 5.23. The Hall–Kier alpha value is -0.770. The molecule has 0 rings (SSSR count). The van der Waals surface area contributed by atoms with Gasteiger partial charge in [0.05, 0.1) is 15.4 Å². The molecule has 2 unspecified atom stereocenters. The Balaban J connectivity index is 3.54. The van der Waals surface area contributed by atoms with Gasteiger partial charge in [0.2, 0.25) is 0 Å². The third-order valence-electron chi connectivity index (χ3n) is 8.12. The summed E-state index contributed by atoms with van der Waals surface area (Å²) in [6.45, 7) is 4.29. The van der Waals surface area contributed by atoms with Crippen LogP contribution in [0.4, 0.5) is 0 Å². The van der Waals surface area contributed by atoms with Crippen molar-refractivity contribution in [2.45, 2.75) is 200 Å². The van der Waals surface area contributed by atoms with E-state index in [0.717, 1.165) is 38.5 Å². The van der Waals surface area contributed by atoms with Crippen LogP contribution >= 0.6 is 8.81 Å². The van der Waals surface area contributed by atoms with Gasteiger partial charge in [-0.3, -0.25) is 9.59 Å². The topological polar surface area (TPSA) is 72.8 Å². The second-order valence-electron chi connectivity index (χ2n) is 12.5. The van der Waals surface area contributed by atoms with Crippen LogP contribution in [0.1, 0.15) is 194 Å². The lowest BCUT2D eigenvalue weighted by Crippen LogP contribution is -2.23. The van der Waals surface area contributed by atoms with Crippen molar-refractivity contribution in [1.29, 1.82) is 0 Å². The molecule has 2 atom stereocenters. The molecule has 0 aromatic rings. The molecule has 43 heavy (non-hydrogen) atoms. The first-order valence-electron chi connectivity index (χ1n) is 18.5. The summed E-state index contributed by atoms with van der Waals surface area (Å²) in [5.74, 6) is -0.249. The van der Waals surface area contributed by atoms with E-state index in [0.29, 0.717) is 12.8 Å². The Kier molecular flexibility index (Phi) is 35.1. The van der Waals surface area contributed by atoms with Crippen molar-refractivity contribution >= 4 is 20.3 Å². The number of hydrogen-bond donors (Lipinski definition) is 1. The first-order valence-corrected chi connectivity index (χ1v) is 19.4. The van der Waals surface area contributed by atoms with E-state index in [9.17, 15) is 14.7 Å². The monoisotopic (exact) mass is 627 g/mol. The first kappa shape index (κ1) is 42.2. The number of rotatable bonds is 35. The lowest BCUT2D eigenvalue weighted by atomic mass is 10.0. The lowest BCUT2D eigenvalue weighted by molar-refractivity contribution is -0.146. The molecule has 0 aromatic carbocycles. The highest BCUT2D eigenvalue weighted by molar-refractivity contribution is 7.53. The van der Waals surface area contributed by atoms with E-state index in [1.807, 2.05) is 0 Å². The van der Waals surface area contributed by atoms with Gasteiger partial charge in [-0.2, -0.15) is 0 Å². The van der Waals surface area contributed by atoms with Crippen molar-refractivity contribution in [3.8, 4) is 0 Å². The molecule has 0 saturated heterocycles. The highest BCUT2D eigenvalue weighted by atomic mass is 31.1. The molecule has 0 saturated carbocycles. The van der Waals surface area contributed by atoms with E-state index in [1.54, 1.807) is 0 Å². The van der Waals surface area contributed by atoms with Crippen LogP contribution in [-0.4, -0.2) is 35.9 Å². The number of hydrogen-bond acceptors (Lipinski definition) is 5. The summed E-state index contributed by atoms with van der Waals surface area (Å²) in [7, 11) is -0.288. The SMILES string of the molecule is CCCCCCCC/C=C\CCCCCCCC(=O)OCC(CO)OPC(=O)CCCCCCCCCCCCCCC. The average molecular weight is 627 g/mol. The van der Waals surface area contributed by atoms with Crippen LogP contribution < -0.4 is 0 Å². The van der Waals surface area contributed by atoms with Crippen LogP contribution in [0.15, 0.2) is 12.2 Å². The second-order valence-corrected chi connectivity index (χ2v) is 13.5. The van der Waals surface area contributed by atoms with Crippen molar-refractivity contribution < 1.29 is 24.0 Å². The number of ether oxygens (including phenoxy) is 1. The fraction of sp³-hybridized carbons (Fsp3) is 0.892. The van der Waals surface area contributed by atoms with Gasteiger partial charge in [0, 0.05) is 12.8 Å². The number of aliphatic hydroxyl groups excluding tert-OH is 1. The predicted molar refractivity (Wildman–Crippen MR) is 186 cm³/mol. The van der Waals surface area contributed by atoms with Crippen molar-refractivity contribution in [2.24, 2.45) is 0 Å². The number of unbranched alkanes of at least 4 members (excludes halogenated alkanes) is 23. The number of allylic oxidation sites excluding steroid dienone is 2. The molecule has 0 aromatic heterocycles. The number of carbonyl (C=O) groups excluding carboxylic acids is 2. The number of esters is 1. The van der Waals surface area contributed by atoms with Gasteiger partial charge >= 0.3 is 5.97 Å². The van der Waals surface area contributed by atoms with Crippen molar-refractivity contribution in [3.05, 3.63) is 12.2 Å². The maximum atomic E-state index is 12.2. The summed E-state index contributed by atoms with van der Waals surface area (Å²) in [6, 6.07) is 0. The Bertz CT molecular complexity index is 624. The smallest absolute Gasteiger partial charge is 0.305 e. The predicted octanol–water partition coefficient (Wildman–Crippen LogP) is 11.5. The Labute approximate surface area is 269 Å². The highest BCUT2D eigenvalue weighted by Crippen LogP contribution is 2.21. The molecule has 254 valence electrons. The van der Waals surface area contributed by atoms with E-state index < -0.39 is 6.10 Å². The molecular formula is C37H71O5P. The van der Waals surface area contributed by atoms with Gasteiger partial charge in [-0.05, 0) is 38.5 Å². The minimum absolute atomic E-state index is 0.0133. The van der Waals surface area contributed by atoms with Crippen LogP contribution in [-0.2, 0) is 18.8 Å². The van der Waals surface area contributed by atoms with Crippen LogP contribution in [0, 0.1) is 0 Å². The zero-order chi connectivity index (χ0) is 31.5. The molecule has 0 bridgehead atoms. The van der Waals surface area contributed by atoms with Crippen molar-refractivity contribution in [3.63, 3.8) is 0 Å². The molecule has 0 aliphatic rings. The van der Waals surface area contributed by atoms with Crippen molar-refractivity contribution in [1.82, 2.24) is 0 Å². The maximum absolute atomic E-state index is 12.2. The summed E-state index contributed by atoms with van der Waals surface area (Å²) in [4.78, 5) is 24.2. The van der Waals surface area contributed by atoms with Crippen LogP contribution in [0.25, 0.3) is 0 Å². The molecule has 5 nitrogen and oxygen atoms in total. The Morgan fingerprint density at radius 3 is 1.42 bits per heavy atom. The van der Waals surface area contributed by atoms with E-state index in [2.05, 4.69) is 26.0 Å². The Morgan fingerprint density at radius 1 is 0.581 bits per heavy atom. The van der Waals surface area contributed by atoms with Crippen LogP contribution in [0.5, 0.6) is 0 Å². The molecule has 0 heterocycles. The molecular weight excluding hydrogens is 555 g/mol. The average Bonchev–Trinajstić information content (AvgIpc) is 3.01. The van der Waals surface area contributed by atoms with Gasteiger partial charge < -0.3 is 14.4 Å². The summed E-state index contributed by atoms with van der Waals surface area (Å²) in [5.41, 5.74) is 0.0844. The summed E-state index contributed by atoms with van der Waals surface area (Å²) in [6.07, 6.45) is 37.6. The number of aliphatic hydroxyl groups is 1. The molecule has 0 radical (unpaired) electrons. The zero-order valence-corrected chi connectivity index (χ0v) is 29.5. The highest BCUT2D eigenvalue weighted by Gasteiger charge is 2.14. The summed E-state index contributed by atoms with van der Waals surface area (Å²) >= 11 is 0. The molecule has 1 N–H and O–H groups in total. The molecule has 0 aliphatic carbocycles. The minimum Gasteiger partial charge on any atom is -0.463 e. The fourth-order valence-corrected chi connectivity index (χ4v) is 5.95. The van der Waals surface area contributed by atoms with E-state index in [-0.39, 0.29) is 33.5 Å². The third kappa shape index (κ3) is 34.0. The summed E-state index contributed by atoms with van der Waals surface area (Å²) in [5, 5.41) is 9.54. The quantitative estimate of drug-likeness (QED) is 0.0328. The minimum atomic E-state index is -0.619. The third-order valence-corrected chi connectivity index (χ3v) is 9.05. The van der Waals surface area contributed by atoms with Crippen LogP contribution in [0.3, 0.4) is 0 Å². The van der Waals surface area contributed by atoms with Gasteiger partial charge in [-0.15, -0.1) is 0 Å². The van der Waals surface area contributed by atoms with Gasteiger partial charge in [0.15, 0.2) is 5.52 Å². The van der Waals surface area contributed by atoms with E-state index >= 15 is 0 Å². The molecule has 0 aliphatic heterocycles. The number of carbonyl (C=O) groups is 2. The van der Waals surface area contributed by atoms with Crippen molar-refractivity contribution in [2.75, 3.05) is 13.2 Å². The Morgan fingerprint density at radius 2 is 0.977 bits per heavy atom. The molecule has 0 spiro atoms. The van der Waals surface area contributed by atoms with Gasteiger partial charge in [-0.25, -0.2) is 0 Å². The largest absolute Gasteiger partial charge is 0.463 e. The second kappa shape index (κ2) is 35.7. The van der Waals surface area contributed by atoms with Gasteiger partial charge in [0.25, 0.3) is 0 Å². The molecule has 0 fully saturated rings. The van der Waals surface area contributed by atoms with Gasteiger partial charge in [0.1, 0.15) is 12.7 Å². The van der Waals surface area contributed by atoms with Crippen LogP contribution in [0.2, 0.25) is 0 Å².